The standard InChI is InChI=1S/C21H26N2O8/c1-13(24)31-19(21(27)28)18-20(26)23(8-9-30-18)15-5-3-4-14(10-15)11-17(25)22-7-6-16(12-22)29-2/h3-5,10,16,18-19H,6-9,11-12H2,1-2H3,(H,27,28)/t16-,18-,19-/m1/s1. The highest BCUT2D eigenvalue weighted by atomic mass is 16.6. The van der Waals surface area contributed by atoms with E-state index in [0.29, 0.717) is 18.8 Å². The Hall–Kier alpha value is -2.98. The number of nitrogens with zero attached hydrogens (tertiary/aromatic N) is 2. The molecule has 3 rings (SSSR count). The zero-order chi connectivity index (χ0) is 22.5. The Labute approximate surface area is 179 Å². The van der Waals surface area contributed by atoms with Crippen molar-refractivity contribution in [2.75, 3.05) is 38.3 Å². The lowest BCUT2D eigenvalue weighted by Gasteiger charge is -2.34. The molecule has 1 aromatic carbocycles. The van der Waals surface area contributed by atoms with E-state index in [9.17, 15) is 24.3 Å². The van der Waals surface area contributed by atoms with Gasteiger partial charge >= 0.3 is 11.9 Å². The number of methoxy groups -OCH3 is 1. The number of anilines is 1. The van der Waals surface area contributed by atoms with Gasteiger partial charge in [0, 0.05) is 39.4 Å². The number of morpholine rings is 1. The number of hydrogen-bond acceptors (Lipinski definition) is 7. The maximum atomic E-state index is 12.9. The Morgan fingerprint density at radius 1 is 1.29 bits per heavy atom. The fourth-order valence-corrected chi connectivity index (χ4v) is 3.77. The van der Waals surface area contributed by atoms with Crippen LogP contribution in [0.25, 0.3) is 0 Å². The molecule has 10 nitrogen and oxygen atoms in total. The average molecular weight is 434 g/mol. The highest BCUT2D eigenvalue weighted by molar-refractivity contribution is 6.00. The molecule has 0 radical (unpaired) electrons. The molecule has 3 atom stereocenters. The first-order valence-corrected chi connectivity index (χ1v) is 10.0. The maximum absolute atomic E-state index is 12.9. The molecule has 2 saturated heterocycles. The first-order chi connectivity index (χ1) is 14.8. The number of rotatable bonds is 7. The van der Waals surface area contributed by atoms with E-state index in [0.717, 1.165) is 18.9 Å². The molecule has 2 amide bonds. The molecule has 31 heavy (non-hydrogen) atoms. The fraction of sp³-hybridized carbons (Fsp3) is 0.524. The van der Waals surface area contributed by atoms with E-state index < -0.39 is 30.1 Å². The number of carboxylic acids is 1. The summed E-state index contributed by atoms with van der Waals surface area (Å²) in [5.74, 6) is -2.93. The van der Waals surface area contributed by atoms with Gasteiger partial charge in [0.15, 0.2) is 6.10 Å². The lowest BCUT2D eigenvalue weighted by Crippen LogP contribution is -2.55. The van der Waals surface area contributed by atoms with Crippen molar-refractivity contribution in [3.8, 4) is 0 Å². The molecule has 2 aliphatic rings. The van der Waals surface area contributed by atoms with Crippen LogP contribution >= 0.6 is 0 Å². The molecule has 0 unspecified atom stereocenters. The molecular formula is C21H26N2O8. The van der Waals surface area contributed by atoms with Gasteiger partial charge in [-0.25, -0.2) is 4.79 Å². The largest absolute Gasteiger partial charge is 0.478 e. The summed E-state index contributed by atoms with van der Waals surface area (Å²) in [5, 5.41) is 9.35. The highest BCUT2D eigenvalue weighted by Gasteiger charge is 2.42. The third-order valence-corrected chi connectivity index (χ3v) is 5.34. The third-order valence-electron chi connectivity index (χ3n) is 5.34. The summed E-state index contributed by atoms with van der Waals surface area (Å²) in [6.07, 6.45) is -2.15. The van der Waals surface area contributed by atoms with E-state index in [-0.39, 0.29) is 31.6 Å². The van der Waals surface area contributed by atoms with Gasteiger partial charge in [0.2, 0.25) is 12.0 Å². The Morgan fingerprint density at radius 2 is 2.06 bits per heavy atom. The molecule has 1 aromatic rings. The summed E-state index contributed by atoms with van der Waals surface area (Å²) in [4.78, 5) is 51.4. The lowest BCUT2D eigenvalue weighted by molar-refractivity contribution is -0.177. The van der Waals surface area contributed by atoms with Crippen LogP contribution in [0.1, 0.15) is 18.9 Å². The quantitative estimate of drug-likeness (QED) is 0.605. The van der Waals surface area contributed by atoms with E-state index >= 15 is 0 Å². The Morgan fingerprint density at radius 3 is 2.71 bits per heavy atom. The second kappa shape index (κ2) is 9.88. The zero-order valence-corrected chi connectivity index (χ0v) is 17.5. The summed E-state index contributed by atoms with van der Waals surface area (Å²) in [6.45, 7) is 2.56. The van der Waals surface area contributed by atoms with Crippen LogP contribution in [0.4, 0.5) is 5.69 Å². The second-order valence-corrected chi connectivity index (χ2v) is 7.48. The Balaban J connectivity index is 1.72. The molecule has 10 heteroatoms. The van der Waals surface area contributed by atoms with Crippen LogP contribution in [0.3, 0.4) is 0 Å². The molecule has 0 saturated carbocycles. The Kier molecular flexibility index (Phi) is 7.24. The molecule has 1 N–H and O–H groups in total. The second-order valence-electron chi connectivity index (χ2n) is 7.48. The van der Waals surface area contributed by atoms with Crippen molar-refractivity contribution < 1.29 is 38.5 Å². The number of benzene rings is 1. The average Bonchev–Trinajstić information content (AvgIpc) is 3.22. The zero-order valence-electron chi connectivity index (χ0n) is 17.5. The minimum atomic E-state index is -1.73. The third kappa shape index (κ3) is 5.39. The predicted molar refractivity (Wildman–Crippen MR) is 107 cm³/mol. The number of carboxylic acid groups (broad SMARTS) is 1. The predicted octanol–water partition coefficient (Wildman–Crippen LogP) is 0.225. The Bertz CT molecular complexity index is 858. The van der Waals surface area contributed by atoms with Gasteiger partial charge in [-0.3, -0.25) is 14.4 Å². The number of hydrogen-bond donors (Lipinski definition) is 1. The summed E-state index contributed by atoms with van der Waals surface area (Å²) in [6, 6.07) is 6.96. The van der Waals surface area contributed by atoms with Crippen LogP contribution < -0.4 is 4.90 Å². The summed E-state index contributed by atoms with van der Waals surface area (Å²) >= 11 is 0. The summed E-state index contributed by atoms with van der Waals surface area (Å²) in [5.41, 5.74) is 1.25. The smallest absolute Gasteiger partial charge is 0.348 e. The van der Waals surface area contributed by atoms with Gasteiger partial charge in [-0.05, 0) is 24.1 Å². The van der Waals surface area contributed by atoms with E-state index in [1.165, 1.54) is 4.90 Å². The number of carbonyl (C=O) groups excluding carboxylic acids is 3. The van der Waals surface area contributed by atoms with Crippen molar-refractivity contribution >= 4 is 29.4 Å². The molecule has 0 aromatic heterocycles. The van der Waals surface area contributed by atoms with Gasteiger partial charge in [0.05, 0.1) is 19.1 Å². The van der Waals surface area contributed by atoms with Crippen molar-refractivity contribution in [3.63, 3.8) is 0 Å². The molecular weight excluding hydrogens is 408 g/mol. The van der Waals surface area contributed by atoms with Crippen LogP contribution in [0.15, 0.2) is 24.3 Å². The number of ether oxygens (including phenoxy) is 3. The summed E-state index contributed by atoms with van der Waals surface area (Å²) < 4.78 is 15.4. The van der Waals surface area contributed by atoms with Crippen molar-refractivity contribution in [1.29, 1.82) is 0 Å². The number of amides is 2. The first-order valence-electron chi connectivity index (χ1n) is 10.0. The number of likely N-dealkylation sites (tertiary alicyclic amines) is 1. The highest BCUT2D eigenvalue weighted by Crippen LogP contribution is 2.23. The van der Waals surface area contributed by atoms with Gasteiger partial charge in [-0.2, -0.15) is 0 Å². The van der Waals surface area contributed by atoms with Crippen LogP contribution in [-0.4, -0.2) is 85.4 Å². The van der Waals surface area contributed by atoms with E-state index in [1.54, 1.807) is 36.3 Å². The monoisotopic (exact) mass is 434 g/mol. The molecule has 0 aliphatic carbocycles. The maximum Gasteiger partial charge on any atom is 0.348 e. The van der Waals surface area contributed by atoms with E-state index in [2.05, 4.69) is 0 Å². The minimum Gasteiger partial charge on any atom is -0.478 e. The fourth-order valence-electron chi connectivity index (χ4n) is 3.77. The van der Waals surface area contributed by atoms with Crippen molar-refractivity contribution in [2.24, 2.45) is 0 Å². The normalized spacial score (nSPS) is 22.3. The van der Waals surface area contributed by atoms with E-state index in [1.807, 2.05) is 0 Å². The minimum absolute atomic E-state index is 0.0244. The van der Waals surface area contributed by atoms with Gasteiger partial charge in [-0.15, -0.1) is 0 Å². The van der Waals surface area contributed by atoms with Gasteiger partial charge < -0.3 is 29.1 Å². The SMILES string of the molecule is CO[C@@H]1CCN(C(=O)Cc2cccc(N3CCO[C@H]([C@@H](OC(C)=O)C(=O)O)C3=O)c2)C1. The van der Waals surface area contributed by atoms with E-state index in [4.69, 9.17) is 14.2 Å². The number of carbonyl (C=O) groups is 4. The molecule has 0 spiro atoms. The molecule has 2 fully saturated rings. The van der Waals surface area contributed by atoms with Crippen molar-refractivity contribution in [3.05, 3.63) is 29.8 Å². The van der Waals surface area contributed by atoms with Crippen LogP contribution in [-0.2, 0) is 39.8 Å². The number of aliphatic carboxylic acids is 1. The van der Waals surface area contributed by atoms with Gasteiger partial charge in [0.1, 0.15) is 0 Å². The lowest BCUT2D eigenvalue weighted by atomic mass is 10.1. The van der Waals surface area contributed by atoms with Gasteiger partial charge in [0.25, 0.3) is 5.91 Å². The molecule has 0 bridgehead atoms. The topological polar surface area (TPSA) is 123 Å². The molecule has 2 aliphatic heterocycles. The van der Waals surface area contributed by atoms with Crippen molar-refractivity contribution in [2.45, 2.75) is 38.1 Å². The van der Waals surface area contributed by atoms with Crippen LogP contribution in [0.5, 0.6) is 0 Å². The molecule has 2 heterocycles. The van der Waals surface area contributed by atoms with Crippen LogP contribution in [0, 0.1) is 0 Å². The summed E-state index contributed by atoms with van der Waals surface area (Å²) in [7, 11) is 1.63. The molecule has 168 valence electrons. The number of esters is 1. The first kappa shape index (κ1) is 22.7. The van der Waals surface area contributed by atoms with Crippen molar-refractivity contribution in [1.82, 2.24) is 4.90 Å². The van der Waals surface area contributed by atoms with Gasteiger partial charge in [-0.1, -0.05) is 12.1 Å². The van der Waals surface area contributed by atoms with Crippen LogP contribution in [0.2, 0.25) is 0 Å².